The van der Waals surface area contributed by atoms with Crippen molar-refractivity contribution in [3.8, 4) is 0 Å². The molecule has 2 N–H and O–H groups in total. The normalized spacial score (nSPS) is 11.9. The summed E-state index contributed by atoms with van der Waals surface area (Å²) >= 11 is 1.25. The molecule has 0 saturated heterocycles. The molecule has 1 heterocycles. The molecule has 0 spiro atoms. The van der Waals surface area contributed by atoms with Crippen molar-refractivity contribution in [3.63, 3.8) is 0 Å². The highest BCUT2D eigenvalue weighted by Crippen LogP contribution is 2.25. The van der Waals surface area contributed by atoms with Gasteiger partial charge in [-0.1, -0.05) is 49.9 Å². The van der Waals surface area contributed by atoms with E-state index in [1.54, 1.807) is 17.7 Å². The number of anilines is 1. The molecular weight excluding hydrogens is 429 g/mol. The highest BCUT2D eigenvalue weighted by Gasteiger charge is 2.26. The van der Waals surface area contributed by atoms with Crippen molar-refractivity contribution in [1.29, 1.82) is 0 Å². The smallest absolute Gasteiger partial charge is 0.254 e. The second-order valence-corrected chi connectivity index (χ2v) is 8.72. The number of carbonyl (C=O) groups excluding carboxylic acids is 2. The molecule has 32 heavy (non-hydrogen) atoms. The fourth-order valence-electron chi connectivity index (χ4n) is 3.17. The molecule has 0 fully saturated rings. The van der Waals surface area contributed by atoms with Crippen LogP contribution in [0.3, 0.4) is 0 Å². The van der Waals surface area contributed by atoms with Crippen molar-refractivity contribution in [1.82, 2.24) is 20.1 Å². The summed E-state index contributed by atoms with van der Waals surface area (Å²) in [4.78, 5) is 24.9. The lowest BCUT2D eigenvalue weighted by molar-refractivity contribution is -0.113. The minimum absolute atomic E-state index is 0.0175. The second kappa shape index (κ2) is 10.4. The monoisotopic (exact) mass is 455 g/mol. The number of carbonyl (C=O) groups is 2. The van der Waals surface area contributed by atoms with Gasteiger partial charge in [-0.05, 0) is 42.7 Å². The third-order valence-electron chi connectivity index (χ3n) is 4.85. The van der Waals surface area contributed by atoms with E-state index in [-0.39, 0.29) is 23.1 Å². The average Bonchev–Trinajstić information content (AvgIpc) is 3.10. The van der Waals surface area contributed by atoms with E-state index < -0.39 is 17.8 Å². The van der Waals surface area contributed by atoms with Crippen LogP contribution < -0.4 is 10.6 Å². The molecule has 3 rings (SSSR count). The lowest BCUT2D eigenvalue weighted by Crippen LogP contribution is -2.34. The first kappa shape index (κ1) is 23.5. The maximum atomic E-state index is 14.0. The van der Waals surface area contributed by atoms with Gasteiger partial charge < -0.3 is 15.2 Å². The summed E-state index contributed by atoms with van der Waals surface area (Å²) in [6.45, 7) is 5.83. The molecule has 0 aliphatic carbocycles. The summed E-state index contributed by atoms with van der Waals surface area (Å²) < 4.78 is 15.7. The number of hydrogen-bond acceptors (Lipinski definition) is 5. The quantitative estimate of drug-likeness (QED) is 0.499. The Kier molecular flexibility index (Phi) is 7.63. The average molecular weight is 456 g/mol. The van der Waals surface area contributed by atoms with Gasteiger partial charge in [-0.2, -0.15) is 0 Å². The molecule has 2 amide bonds. The van der Waals surface area contributed by atoms with Crippen molar-refractivity contribution < 1.29 is 14.0 Å². The van der Waals surface area contributed by atoms with Crippen molar-refractivity contribution >= 4 is 29.3 Å². The molecule has 7 nitrogen and oxygen atoms in total. The predicted molar refractivity (Wildman–Crippen MR) is 123 cm³/mol. The van der Waals surface area contributed by atoms with Gasteiger partial charge in [-0.3, -0.25) is 9.59 Å². The first-order valence-electron chi connectivity index (χ1n) is 10.2. The first-order valence-corrected chi connectivity index (χ1v) is 11.2. The van der Waals surface area contributed by atoms with E-state index in [0.29, 0.717) is 11.0 Å². The molecular formula is C23H26FN5O2S. The Balaban J connectivity index is 1.67. The molecule has 0 bridgehead atoms. The molecule has 0 aliphatic heterocycles. The number of amides is 2. The number of nitrogens with one attached hydrogen (secondary N) is 2. The Morgan fingerprint density at radius 2 is 1.88 bits per heavy atom. The van der Waals surface area contributed by atoms with Gasteiger partial charge in [0.25, 0.3) is 5.91 Å². The number of aromatic nitrogens is 3. The van der Waals surface area contributed by atoms with Gasteiger partial charge >= 0.3 is 0 Å². The standard InChI is InChI=1S/C23H26FN5O2S/c1-14(2)20(26-22(31)17-10-5-6-11-18(17)24)21-27-28-23(29(21)4)32-13-19(30)25-16-9-7-8-15(3)12-16/h5-12,14,20H,13H2,1-4H3,(H,25,30)(H,26,31). The van der Waals surface area contributed by atoms with Crippen LogP contribution in [0.5, 0.6) is 0 Å². The molecule has 1 atom stereocenters. The number of aryl methyl sites for hydroxylation is 1. The Bertz CT molecular complexity index is 1120. The highest BCUT2D eigenvalue weighted by atomic mass is 32.2. The number of rotatable bonds is 8. The SMILES string of the molecule is Cc1cccc(NC(=O)CSc2nnc(C(NC(=O)c3ccccc3F)C(C)C)n2C)c1. The summed E-state index contributed by atoms with van der Waals surface area (Å²) in [5, 5.41) is 14.7. The fraction of sp³-hybridized carbons (Fsp3) is 0.304. The molecule has 3 aromatic rings. The zero-order valence-electron chi connectivity index (χ0n) is 18.4. The van der Waals surface area contributed by atoms with Gasteiger partial charge in [-0.15, -0.1) is 10.2 Å². The van der Waals surface area contributed by atoms with Gasteiger partial charge in [-0.25, -0.2) is 4.39 Å². The fourth-order valence-corrected chi connectivity index (χ4v) is 3.88. The minimum atomic E-state index is -0.582. The topological polar surface area (TPSA) is 88.9 Å². The van der Waals surface area contributed by atoms with E-state index in [0.717, 1.165) is 11.3 Å². The van der Waals surface area contributed by atoms with Gasteiger partial charge in [0.1, 0.15) is 5.82 Å². The highest BCUT2D eigenvalue weighted by molar-refractivity contribution is 7.99. The van der Waals surface area contributed by atoms with E-state index in [1.807, 2.05) is 45.0 Å². The lowest BCUT2D eigenvalue weighted by Gasteiger charge is -2.21. The van der Waals surface area contributed by atoms with Gasteiger partial charge in [0, 0.05) is 12.7 Å². The zero-order chi connectivity index (χ0) is 23.3. The summed E-state index contributed by atoms with van der Waals surface area (Å²) in [6.07, 6.45) is 0. The van der Waals surface area contributed by atoms with E-state index in [9.17, 15) is 14.0 Å². The van der Waals surface area contributed by atoms with Crippen LogP contribution in [0.15, 0.2) is 53.7 Å². The van der Waals surface area contributed by atoms with Gasteiger partial charge in [0.05, 0.1) is 17.4 Å². The van der Waals surface area contributed by atoms with Crippen LogP contribution in [0, 0.1) is 18.7 Å². The van der Waals surface area contributed by atoms with Crippen LogP contribution in [0.1, 0.15) is 41.6 Å². The van der Waals surface area contributed by atoms with E-state index >= 15 is 0 Å². The third kappa shape index (κ3) is 5.73. The van der Waals surface area contributed by atoms with Gasteiger partial charge in [0.2, 0.25) is 5.91 Å². The number of benzene rings is 2. The van der Waals surface area contributed by atoms with Crippen LogP contribution in [0.4, 0.5) is 10.1 Å². The molecule has 0 radical (unpaired) electrons. The molecule has 2 aromatic carbocycles. The van der Waals surface area contributed by atoms with Crippen LogP contribution in [-0.4, -0.2) is 32.3 Å². The van der Waals surface area contributed by atoms with Crippen molar-refractivity contribution in [3.05, 3.63) is 71.3 Å². The summed E-state index contributed by atoms with van der Waals surface area (Å²) in [5.41, 5.74) is 1.78. The van der Waals surface area contributed by atoms with Crippen LogP contribution in [0.2, 0.25) is 0 Å². The van der Waals surface area contributed by atoms with E-state index in [2.05, 4.69) is 20.8 Å². The maximum absolute atomic E-state index is 14.0. The number of hydrogen-bond donors (Lipinski definition) is 2. The van der Waals surface area contributed by atoms with Crippen molar-refractivity contribution in [2.45, 2.75) is 32.0 Å². The van der Waals surface area contributed by atoms with E-state index in [4.69, 9.17) is 0 Å². The largest absolute Gasteiger partial charge is 0.342 e. The van der Waals surface area contributed by atoms with Crippen molar-refractivity contribution in [2.24, 2.45) is 13.0 Å². The summed E-state index contributed by atoms with van der Waals surface area (Å²) in [5.74, 6) is -0.577. The van der Waals surface area contributed by atoms with Crippen LogP contribution in [0.25, 0.3) is 0 Å². The number of nitrogens with zero attached hydrogens (tertiary/aromatic N) is 3. The Morgan fingerprint density at radius 3 is 2.56 bits per heavy atom. The van der Waals surface area contributed by atoms with Gasteiger partial charge in [0.15, 0.2) is 11.0 Å². The maximum Gasteiger partial charge on any atom is 0.254 e. The summed E-state index contributed by atoms with van der Waals surface area (Å²) in [6, 6.07) is 12.9. The van der Waals surface area contributed by atoms with Crippen LogP contribution in [-0.2, 0) is 11.8 Å². The first-order chi connectivity index (χ1) is 15.3. The molecule has 9 heteroatoms. The zero-order valence-corrected chi connectivity index (χ0v) is 19.2. The molecule has 1 unspecified atom stereocenters. The van der Waals surface area contributed by atoms with E-state index in [1.165, 1.54) is 30.0 Å². The van der Waals surface area contributed by atoms with Crippen LogP contribution >= 0.6 is 11.8 Å². The number of halogens is 1. The third-order valence-corrected chi connectivity index (χ3v) is 5.87. The Morgan fingerprint density at radius 1 is 1.12 bits per heavy atom. The Labute approximate surface area is 190 Å². The molecule has 1 aromatic heterocycles. The minimum Gasteiger partial charge on any atom is -0.342 e. The molecule has 168 valence electrons. The predicted octanol–water partition coefficient (Wildman–Crippen LogP) is 4.12. The number of thioether (sulfide) groups is 1. The van der Waals surface area contributed by atoms with Crippen molar-refractivity contribution in [2.75, 3.05) is 11.1 Å². The molecule has 0 saturated carbocycles. The second-order valence-electron chi connectivity index (χ2n) is 7.78. The Hall–Kier alpha value is -3.20. The molecule has 0 aliphatic rings. The summed E-state index contributed by atoms with van der Waals surface area (Å²) in [7, 11) is 1.78. The lowest BCUT2D eigenvalue weighted by atomic mass is 10.0.